The van der Waals surface area contributed by atoms with Gasteiger partial charge in [0.2, 0.25) is 5.95 Å². The van der Waals surface area contributed by atoms with E-state index < -0.39 is 17.7 Å². The van der Waals surface area contributed by atoms with Crippen LogP contribution in [0, 0.1) is 17.7 Å². The molecule has 1 amide bonds. The number of nitrogens with two attached hydrogens (primary N) is 1. The number of nitrogens with one attached hydrogen (secondary N) is 2. The van der Waals surface area contributed by atoms with E-state index in [0.29, 0.717) is 46.7 Å². The summed E-state index contributed by atoms with van der Waals surface area (Å²) < 4.78 is 29.5. The van der Waals surface area contributed by atoms with Crippen molar-refractivity contribution in [2.24, 2.45) is 5.92 Å². The van der Waals surface area contributed by atoms with E-state index in [4.69, 9.17) is 5.73 Å². The van der Waals surface area contributed by atoms with Crippen LogP contribution in [-0.2, 0) is 11.8 Å². The van der Waals surface area contributed by atoms with Crippen LogP contribution in [0.15, 0.2) is 42.5 Å². The number of carbonyl (C=O) groups excluding carboxylic acids is 1. The molecule has 4 N–H and O–H groups in total. The molecule has 0 bridgehead atoms. The van der Waals surface area contributed by atoms with Gasteiger partial charge >= 0.3 is 0 Å². The Morgan fingerprint density at radius 2 is 1.88 bits per heavy atom. The van der Waals surface area contributed by atoms with Crippen molar-refractivity contribution in [3.05, 3.63) is 70.9 Å². The summed E-state index contributed by atoms with van der Waals surface area (Å²) in [6.07, 6.45) is 1.72. The lowest BCUT2D eigenvalue weighted by molar-refractivity contribution is 0.0941. The van der Waals surface area contributed by atoms with Crippen molar-refractivity contribution in [2.75, 3.05) is 25.4 Å². The first-order valence-corrected chi connectivity index (χ1v) is 10.8. The van der Waals surface area contributed by atoms with Gasteiger partial charge in [-0.1, -0.05) is 24.3 Å². The van der Waals surface area contributed by atoms with E-state index in [9.17, 15) is 13.6 Å². The first-order valence-electron chi connectivity index (χ1n) is 10.8. The third kappa shape index (κ3) is 2.84. The van der Waals surface area contributed by atoms with Gasteiger partial charge < -0.3 is 16.4 Å². The van der Waals surface area contributed by atoms with E-state index in [-0.39, 0.29) is 16.8 Å². The summed E-state index contributed by atoms with van der Waals surface area (Å²) in [4.78, 5) is 15.9. The molecule has 162 valence electrons. The zero-order valence-corrected chi connectivity index (χ0v) is 17.3. The van der Waals surface area contributed by atoms with E-state index in [1.165, 1.54) is 18.1 Å². The molecule has 0 spiro atoms. The number of aromatic nitrogens is 1. The Labute approximate surface area is 184 Å². The number of hydrogen-bond acceptors (Lipinski definition) is 4. The second kappa shape index (κ2) is 6.84. The van der Waals surface area contributed by atoms with E-state index >= 15 is 0 Å². The van der Waals surface area contributed by atoms with E-state index in [2.05, 4.69) is 27.8 Å². The topological polar surface area (TPSA) is 80.0 Å². The summed E-state index contributed by atoms with van der Waals surface area (Å²) in [5, 5.41) is 6.09. The number of fused-ring (bicyclic) bond motifs is 2. The molecule has 3 aromatic rings. The summed E-state index contributed by atoms with van der Waals surface area (Å²) in [5.41, 5.74) is 10.1. The monoisotopic (exact) mass is 432 g/mol. The summed E-state index contributed by atoms with van der Waals surface area (Å²) in [6, 6.07) is 12.6. The quantitative estimate of drug-likeness (QED) is 0.554. The third-order valence-electron chi connectivity index (χ3n) is 7.23. The molecule has 3 heterocycles. The minimum Gasteiger partial charge on any atom is -0.383 e. The molecule has 3 aliphatic rings. The lowest BCUT2D eigenvalue weighted by atomic mass is 9.91. The van der Waals surface area contributed by atoms with Gasteiger partial charge in [0.15, 0.2) is 0 Å². The number of hydrogen-bond donors (Lipinski definition) is 3. The number of rotatable bonds is 3. The van der Waals surface area contributed by atoms with Gasteiger partial charge in [0.05, 0.1) is 5.56 Å². The molecule has 1 aromatic heterocycles. The Bertz CT molecular complexity index is 1270. The predicted octanol–water partition coefficient (Wildman–Crippen LogP) is 3.42. The van der Waals surface area contributed by atoms with Gasteiger partial charge in [-0.2, -0.15) is 4.39 Å². The number of nitrogen functional groups attached to an aromatic ring is 1. The van der Waals surface area contributed by atoms with Gasteiger partial charge in [-0.3, -0.25) is 4.79 Å². The van der Waals surface area contributed by atoms with Crippen molar-refractivity contribution >= 4 is 11.7 Å². The SMILES string of the molecule is Nc1nc(F)c(-c2ccc([C@@]34CNC[C@@H]3C4)cc2)cc1-c1cc(F)c2c(c1)CCNC2=O. The van der Waals surface area contributed by atoms with Crippen molar-refractivity contribution in [3.8, 4) is 22.3 Å². The maximum atomic E-state index is 14.8. The van der Waals surface area contributed by atoms with E-state index in [1.54, 1.807) is 12.1 Å². The van der Waals surface area contributed by atoms with Gasteiger partial charge in [0, 0.05) is 29.6 Å². The molecular weight excluding hydrogens is 410 g/mol. The molecule has 2 atom stereocenters. The fraction of sp³-hybridized carbons (Fsp3) is 0.280. The van der Waals surface area contributed by atoms with Crippen LogP contribution >= 0.6 is 0 Å². The molecule has 1 saturated heterocycles. The molecule has 2 aliphatic heterocycles. The van der Waals surface area contributed by atoms with Crippen LogP contribution in [-0.4, -0.2) is 30.5 Å². The highest BCUT2D eigenvalue weighted by Crippen LogP contribution is 2.56. The van der Waals surface area contributed by atoms with Crippen molar-refractivity contribution in [3.63, 3.8) is 0 Å². The first kappa shape index (κ1) is 19.4. The predicted molar refractivity (Wildman–Crippen MR) is 118 cm³/mol. The summed E-state index contributed by atoms with van der Waals surface area (Å²) in [6.45, 7) is 2.49. The van der Waals surface area contributed by atoms with Gasteiger partial charge in [0.1, 0.15) is 11.6 Å². The van der Waals surface area contributed by atoms with Crippen molar-refractivity contribution in [1.29, 1.82) is 0 Å². The zero-order valence-electron chi connectivity index (χ0n) is 17.3. The lowest BCUT2D eigenvalue weighted by Crippen LogP contribution is -2.32. The summed E-state index contributed by atoms with van der Waals surface area (Å²) in [5.74, 6) is -1.03. The molecule has 7 heteroatoms. The van der Waals surface area contributed by atoms with Crippen LogP contribution < -0.4 is 16.4 Å². The summed E-state index contributed by atoms with van der Waals surface area (Å²) >= 11 is 0. The highest BCUT2D eigenvalue weighted by Gasteiger charge is 2.57. The normalized spacial score (nSPS) is 23.4. The highest BCUT2D eigenvalue weighted by molar-refractivity contribution is 5.98. The Morgan fingerprint density at radius 1 is 1.06 bits per heavy atom. The van der Waals surface area contributed by atoms with Gasteiger partial charge in [0.25, 0.3) is 5.91 Å². The number of benzene rings is 2. The maximum Gasteiger partial charge on any atom is 0.254 e. The number of anilines is 1. The molecular formula is C25H22F2N4O. The van der Waals surface area contributed by atoms with Gasteiger partial charge in [-0.25, -0.2) is 9.37 Å². The minimum atomic E-state index is -0.665. The van der Waals surface area contributed by atoms with Crippen LogP contribution in [0.4, 0.5) is 14.6 Å². The van der Waals surface area contributed by atoms with Crippen LogP contribution in [0.5, 0.6) is 0 Å². The average molecular weight is 432 g/mol. The number of pyridine rings is 1. The molecule has 0 unspecified atom stereocenters. The fourth-order valence-corrected chi connectivity index (χ4v) is 5.38. The molecule has 0 radical (unpaired) electrons. The molecule has 32 heavy (non-hydrogen) atoms. The standard InChI is InChI=1S/C25H22F2N4O/c26-20-8-15(7-14-5-6-30-24(32)21(14)20)19-9-18(22(27)31-23(19)28)13-1-3-16(4-2-13)25-10-17(25)11-29-12-25/h1-4,7-9,17,29H,5-6,10-12H2,(H2,28,31)(H,30,32)/t17-,25+/m0/s1. The van der Waals surface area contributed by atoms with E-state index in [0.717, 1.165) is 13.1 Å². The molecule has 1 saturated carbocycles. The molecule has 5 nitrogen and oxygen atoms in total. The Morgan fingerprint density at radius 3 is 2.59 bits per heavy atom. The molecule has 2 fully saturated rings. The third-order valence-corrected chi connectivity index (χ3v) is 7.23. The minimum absolute atomic E-state index is 0.0146. The van der Waals surface area contributed by atoms with Crippen molar-refractivity contribution in [2.45, 2.75) is 18.3 Å². The second-order valence-corrected chi connectivity index (χ2v) is 9.02. The van der Waals surface area contributed by atoms with Crippen molar-refractivity contribution < 1.29 is 13.6 Å². The number of halogens is 2. The smallest absolute Gasteiger partial charge is 0.254 e. The Balaban J connectivity index is 1.40. The number of carbonyl (C=O) groups is 1. The largest absolute Gasteiger partial charge is 0.383 e. The second-order valence-electron chi connectivity index (χ2n) is 9.02. The Hall–Kier alpha value is -3.32. The summed E-state index contributed by atoms with van der Waals surface area (Å²) in [7, 11) is 0. The number of amides is 1. The first-order chi connectivity index (χ1) is 15.5. The Kier molecular flexibility index (Phi) is 4.14. The highest BCUT2D eigenvalue weighted by atomic mass is 19.1. The van der Waals surface area contributed by atoms with Crippen LogP contribution in [0.3, 0.4) is 0 Å². The number of piperidine rings is 1. The van der Waals surface area contributed by atoms with Gasteiger partial charge in [-0.05, 0) is 65.8 Å². The van der Waals surface area contributed by atoms with Crippen LogP contribution in [0.2, 0.25) is 0 Å². The lowest BCUT2D eigenvalue weighted by Gasteiger charge is -2.19. The van der Waals surface area contributed by atoms with Crippen LogP contribution in [0.25, 0.3) is 22.3 Å². The molecule has 6 rings (SSSR count). The van der Waals surface area contributed by atoms with E-state index in [1.807, 2.05) is 12.1 Å². The molecule has 1 aliphatic carbocycles. The van der Waals surface area contributed by atoms with Gasteiger partial charge in [-0.15, -0.1) is 0 Å². The van der Waals surface area contributed by atoms with Crippen LogP contribution in [0.1, 0.15) is 27.9 Å². The molecule has 2 aromatic carbocycles. The number of nitrogens with zero attached hydrogens (tertiary/aromatic N) is 1. The fourth-order valence-electron chi connectivity index (χ4n) is 5.38. The maximum absolute atomic E-state index is 14.8. The van der Waals surface area contributed by atoms with Crippen molar-refractivity contribution in [1.82, 2.24) is 15.6 Å². The zero-order chi connectivity index (χ0) is 22.0. The average Bonchev–Trinajstić information content (AvgIpc) is 3.34.